The lowest BCUT2D eigenvalue weighted by Gasteiger charge is -2.35. The predicted octanol–water partition coefficient (Wildman–Crippen LogP) is 3.03. The number of nitrogens with zero attached hydrogens (tertiary/aromatic N) is 3. The molecule has 1 aliphatic rings. The van der Waals surface area contributed by atoms with Gasteiger partial charge in [0.25, 0.3) is 5.91 Å². The topological polar surface area (TPSA) is 43.9 Å². The Morgan fingerprint density at radius 2 is 1.76 bits per heavy atom. The molecule has 5 nitrogen and oxygen atoms in total. The van der Waals surface area contributed by atoms with Gasteiger partial charge in [0.15, 0.2) is 0 Å². The highest BCUT2D eigenvalue weighted by atomic mass is 35.5. The number of carbonyl (C=O) groups is 2. The molecule has 0 saturated carbocycles. The molecule has 29 heavy (non-hydrogen) atoms. The molecule has 3 rings (SSSR count). The van der Waals surface area contributed by atoms with Gasteiger partial charge < -0.3 is 9.80 Å². The average molecular weight is 422 g/mol. The smallest absolute Gasteiger partial charge is 0.255 e. The molecule has 0 aliphatic carbocycles. The maximum Gasteiger partial charge on any atom is 0.255 e. The van der Waals surface area contributed by atoms with Crippen LogP contribution in [0.4, 0.5) is 8.78 Å². The summed E-state index contributed by atoms with van der Waals surface area (Å²) in [6.45, 7) is 2.35. The normalized spacial score (nSPS) is 14.7. The minimum atomic E-state index is -0.491. The summed E-state index contributed by atoms with van der Waals surface area (Å²) in [4.78, 5) is 30.2. The van der Waals surface area contributed by atoms with Gasteiger partial charge in [-0.25, -0.2) is 8.78 Å². The molecule has 0 atom stereocenters. The van der Waals surface area contributed by atoms with Gasteiger partial charge in [-0.05, 0) is 24.3 Å². The summed E-state index contributed by atoms with van der Waals surface area (Å²) in [5.74, 6) is -1.19. The predicted molar refractivity (Wildman–Crippen MR) is 107 cm³/mol. The number of rotatable bonds is 5. The van der Waals surface area contributed by atoms with Crippen LogP contribution in [-0.2, 0) is 11.3 Å². The number of hydrogen-bond donors (Lipinski definition) is 0. The fourth-order valence-corrected chi connectivity index (χ4v) is 3.47. The van der Waals surface area contributed by atoms with Crippen molar-refractivity contribution in [2.45, 2.75) is 6.54 Å². The number of likely N-dealkylation sites (N-methyl/N-ethyl adjacent to an activating group) is 1. The quantitative estimate of drug-likeness (QED) is 0.745. The molecule has 0 aromatic heterocycles. The minimum Gasteiger partial charge on any atom is -0.340 e. The Morgan fingerprint density at radius 3 is 2.41 bits per heavy atom. The number of benzene rings is 2. The molecule has 1 saturated heterocycles. The van der Waals surface area contributed by atoms with Crippen LogP contribution < -0.4 is 0 Å². The third kappa shape index (κ3) is 5.31. The Kier molecular flexibility index (Phi) is 6.82. The van der Waals surface area contributed by atoms with E-state index < -0.39 is 5.82 Å². The third-order valence-electron chi connectivity index (χ3n) is 4.97. The summed E-state index contributed by atoms with van der Waals surface area (Å²) in [7, 11) is 1.64. The first-order chi connectivity index (χ1) is 13.8. The molecule has 154 valence electrons. The van der Waals surface area contributed by atoms with Crippen LogP contribution >= 0.6 is 11.6 Å². The van der Waals surface area contributed by atoms with Crippen LogP contribution in [0.1, 0.15) is 15.9 Å². The summed E-state index contributed by atoms with van der Waals surface area (Å²) >= 11 is 5.98. The van der Waals surface area contributed by atoms with E-state index in [1.807, 2.05) is 4.90 Å². The molecule has 0 unspecified atom stereocenters. The van der Waals surface area contributed by atoms with Crippen LogP contribution in [0.15, 0.2) is 42.5 Å². The Hall–Kier alpha value is -2.51. The lowest BCUT2D eigenvalue weighted by molar-refractivity contribution is -0.132. The van der Waals surface area contributed by atoms with Crippen molar-refractivity contribution in [3.63, 3.8) is 0 Å². The van der Waals surface area contributed by atoms with E-state index in [9.17, 15) is 18.4 Å². The van der Waals surface area contributed by atoms with Crippen molar-refractivity contribution < 1.29 is 18.4 Å². The minimum absolute atomic E-state index is 0.0855. The first-order valence-electron chi connectivity index (χ1n) is 9.29. The molecule has 1 fully saturated rings. The van der Waals surface area contributed by atoms with Gasteiger partial charge in [-0.2, -0.15) is 0 Å². The van der Waals surface area contributed by atoms with E-state index in [0.717, 1.165) is 6.07 Å². The van der Waals surface area contributed by atoms with Gasteiger partial charge in [-0.3, -0.25) is 14.5 Å². The molecule has 2 amide bonds. The van der Waals surface area contributed by atoms with Crippen LogP contribution in [0.25, 0.3) is 0 Å². The second-order valence-corrected chi connectivity index (χ2v) is 7.44. The van der Waals surface area contributed by atoms with Gasteiger partial charge in [-0.15, -0.1) is 0 Å². The first kappa shape index (κ1) is 21.2. The zero-order valence-corrected chi connectivity index (χ0v) is 16.8. The SMILES string of the molecule is CN(Cc1ccccc1F)C(=O)CN1CCN(C(=O)c2ccc(F)cc2Cl)CC1. The van der Waals surface area contributed by atoms with Crippen LogP contribution in [0.3, 0.4) is 0 Å². The number of hydrogen-bond acceptors (Lipinski definition) is 3. The van der Waals surface area contributed by atoms with E-state index in [-0.39, 0.29) is 41.3 Å². The van der Waals surface area contributed by atoms with Gasteiger partial charge in [0.05, 0.1) is 17.1 Å². The van der Waals surface area contributed by atoms with Crippen LogP contribution in [-0.4, -0.2) is 66.3 Å². The van der Waals surface area contributed by atoms with Gasteiger partial charge in [-0.1, -0.05) is 29.8 Å². The maximum absolute atomic E-state index is 13.8. The molecule has 2 aromatic rings. The molecule has 0 spiro atoms. The number of piperazine rings is 1. The van der Waals surface area contributed by atoms with Crippen molar-refractivity contribution in [2.75, 3.05) is 39.8 Å². The Morgan fingerprint density at radius 1 is 1.07 bits per heavy atom. The molecule has 1 heterocycles. The van der Waals surface area contributed by atoms with Gasteiger partial charge >= 0.3 is 0 Å². The van der Waals surface area contributed by atoms with E-state index in [4.69, 9.17) is 11.6 Å². The van der Waals surface area contributed by atoms with Crippen molar-refractivity contribution >= 4 is 23.4 Å². The average Bonchev–Trinajstić information content (AvgIpc) is 2.70. The van der Waals surface area contributed by atoms with E-state index in [1.165, 1.54) is 23.1 Å². The van der Waals surface area contributed by atoms with Crippen molar-refractivity contribution in [2.24, 2.45) is 0 Å². The van der Waals surface area contributed by atoms with Gasteiger partial charge in [0.2, 0.25) is 5.91 Å². The monoisotopic (exact) mass is 421 g/mol. The molecule has 0 radical (unpaired) electrons. The first-order valence-corrected chi connectivity index (χ1v) is 9.67. The van der Waals surface area contributed by atoms with Crippen LogP contribution in [0, 0.1) is 11.6 Å². The standard InChI is InChI=1S/C21H22ClF2N3O2/c1-25(13-15-4-2-3-5-19(15)24)20(28)14-26-8-10-27(11-9-26)21(29)17-7-6-16(23)12-18(17)22/h2-7,12H,8-11,13-14H2,1H3. The highest BCUT2D eigenvalue weighted by Crippen LogP contribution is 2.20. The zero-order valence-electron chi connectivity index (χ0n) is 16.1. The largest absolute Gasteiger partial charge is 0.340 e. The summed E-state index contributed by atoms with van der Waals surface area (Å²) in [5.41, 5.74) is 0.733. The molecular formula is C21H22ClF2N3O2. The molecule has 0 bridgehead atoms. The Balaban J connectivity index is 1.51. The molecular weight excluding hydrogens is 400 g/mol. The second-order valence-electron chi connectivity index (χ2n) is 7.03. The Bertz CT molecular complexity index is 901. The van der Waals surface area contributed by atoms with E-state index in [1.54, 1.807) is 30.1 Å². The summed E-state index contributed by atoms with van der Waals surface area (Å²) in [6, 6.07) is 10.1. The highest BCUT2D eigenvalue weighted by molar-refractivity contribution is 6.33. The summed E-state index contributed by atoms with van der Waals surface area (Å²) in [6.07, 6.45) is 0. The fraction of sp³-hybridized carbons (Fsp3) is 0.333. The van der Waals surface area contributed by atoms with Crippen molar-refractivity contribution in [1.82, 2.24) is 14.7 Å². The number of amides is 2. The van der Waals surface area contributed by atoms with Gasteiger partial charge in [0.1, 0.15) is 11.6 Å². The highest BCUT2D eigenvalue weighted by Gasteiger charge is 2.25. The van der Waals surface area contributed by atoms with Crippen molar-refractivity contribution in [3.05, 3.63) is 70.2 Å². The van der Waals surface area contributed by atoms with E-state index in [0.29, 0.717) is 31.7 Å². The van der Waals surface area contributed by atoms with E-state index in [2.05, 4.69) is 0 Å². The lowest BCUT2D eigenvalue weighted by atomic mass is 10.1. The molecule has 8 heteroatoms. The molecule has 2 aromatic carbocycles. The molecule has 1 aliphatic heterocycles. The van der Waals surface area contributed by atoms with Crippen molar-refractivity contribution in [1.29, 1.82) is 0 Å². The van der Waals surface area contributed by atoms with Crippen LogP contribution in [0.5, 0.6) is 0 Å². The second kappa shape index (κ2) is 9.33. The summed E-state index contributed by atoms with van der Waals surface area (Å²) < 4.78 is 26.9. The fourth-order valence-electron chi connectivity index (χ4n) is 3.22. The maximum atomic E-state index is 13.8. The Labute approximate surface area is 173 Å². The zero-order chi connectivity index (χ0) is 21.0. The lowest BCUT2D eigenvalue weighted by Crippen LogP contribution is -2.51. The van der Waals surface area contributed by atoms with Crippen LogP contribution in [0.2, 0.25) is 5.02 Å². The molecule has 0 N–H and O–H groups in total. The van der Waals surface area contributed by atoms with E-state index >= 15 is 0 Å². The summed E-state index contributed by atoms with van der Waals surface area (Å²) in [5, 5.41) is 0.0855. The van der Waals surface area contributed by atoms with Gasteiger partial charge in [0, 0.05) is 45.3 Å². The number of carbonyl (C=O) groups excluding carboxylic acids is 2. The van der Waals surface area contributed by atoms with Crippen molar-refractivity contribution in [3.8, 4) is 0 Å². The third-order valence-corrected chi connectivity index (χ3v) is 5.28. The number of halogens is 3.